The number of carbonyl (C=O) groups excluding carboxylic acids is 2. The first-order valence-electron chi connectivity index (χ1n) is 12.4. The molecule has 0 radical (unpaired) electrons. The Kier molecular flexibility index (Phi) is 9.32. The standard InChI is InChI=1S/C28H29Cl3N4O4S/c1-17(27(36)32-2)33-28(37)20-12-23(31)14-24(13-20)35(40(3,38)39)25-15-34(16-25)26(18-4-8-21(29)9-5-18)19-6-10-22(30)11-7-19/h4-14,17,25-26H,15-16H2,1-3H3,(H,32,36)(H,33,37). The first-order chi connectivity index (χ1) is 18.9. The van der Waals surface area contributed by atoms with Crippen LogP contribution in [0.25, 0.3) is 0 Å². The van der Waals surface area contributed by atoms with Crippen molar-refractivity contribution in [2.24, 2.45) is 0 Å². The van der Waals surface area contributed by atoms with Crippen molar-refractivity contribution in [3.8, 4) is 0 Å². The summed E-state index contributed by atoms with van der Waals surface area (Å²) in [5.74, 6) is -0.909. The minimum atomic E-state index is -3.75. The van der Waals surface area contributed by atoms with Crippen LogP contribution in [0.2, 0.25) is 15.1 Å². The fourth-order valence-electron chi connectivity index (χ4n) is 4.82. The molecule has 212 valence electrons. The molecule has 3 aromatic carbocycles. The number of hydrogen-bond donors (Lipinski definition) is 2. The van der Waals surface area contributed by atoms with Gasteiger partial charge in [-0.15, -0.1) is 0 Å². The van der Waals surface area contributed by atoms with Gasteiger partial charge in [-0.2, -0.15) is 0 Å². The van der Waals surface area contributed by atoms with E-state index in [4.69, 9.17) is 34.8 Å². The van der Waals surface area contributed by atoms with Gasteiger partial charge in [0, 0.05) is 40.8 Å². The Morgan fingerprint density at radius 1 is 0.900 bits per heavy atom. The van der Waals surface area contributed by atoms with E-state index in [1.807, 2.05) is 48.5 Å². The molecule has 0 aromatic heterocycles. The zero-order valence-electron chi connectivity index (χ0n) is 22.1. The van der Waals surface area contributed by atoms with Crippen LogP contribution in [0.4, 0.5) is 5.69 Å². The van der Waals surface area contributed by atoms with E-state index in [1.165, 1.54) is 29.6 Å². The molecule has 2 amide bonds. The summed E-state index contributed by atoms with van der Waals surface area (Å²) in [4.78, 5) is 26.9. The number of nitrogens with one attached hydrogen (secondary N) is 2. The zero-order chi connectivity index (χ0) is 29.2. The van der Waals surface area contributed by atoms with E-state index < -0.39 is 28.0 Å². The van der Waals surface area contributed by atoms with E-state index in [1.54, 1.807) is 6.92 Å². The summed E-state index contributed by atoms with van der Waals surface area (Å²) in [6, 6.07) is 18.2. The highest BCUT2D eigenvalue weighted by molar-refractivity contribution is 7.92. The van der Waals surface area contributed by atoms with Crippen LogP contribution in [0.15, 0.2) is 66.7 Å². The highest BCUT2D eigenvalue weighted by atomic mass is 35.5. The summed E-state index contributed by atoms with van der Waals surface area (Å²) in [5, 5.41) is 6.50. The largest absolute Gasteiger partial charge is 0.357 e. The molecule has 1 heterocycles. The van der Waals surface area contributed by atoms with Gasteiger partial charge in [0.1, 0.15) is 6.04 Å². The second-order valence-corrected chi connectivity index (χ2v) is 12.8. The number of anilines is 1. The lowest BCUT2D eigenvalue weighted by Crippen LogP contribution is -2.61. The van der Waals surface area contributed by atoms with Crippen LogP contribution in [0, 0.1) is 0 Å². The Morgan fingerprint density at radius 2 is 1.43 bits per heavy atom. The molecular weight excluding hydrogens is 595 g/mol. The number of nitrogens with zero attached hydrogens (tertiary/aromatic N) is 2. The summed E-state index contributed by atoms with van der Waals surface area (Å²) < 4.78 is 27.4. The van der Waals surface area contributed by atoms with Crippen molar-refractivity contribution < 1.29 is 18.0 Å². The lowest BCUT2D eigenvalue weighted by molar-refractivity contribution is -0.122. The van der Waals surface area contributed by atoms with E-state index in [0.717, 1.165) is 17.4 Å². The number of hydrogen-bond acceptors (Lipinski definition) is 5. The molecule has 8 nitrogen and oxygen atoms in total. The first kappa shape index (κ1) is 30.1. The molecular formula is C28H29Cl3N4O4S. The SMILES string of the molecule is CNC(=O)C(C)NC(=O)c1cc(Cl)cc(N(C2CN(C(c3ccc(Cl)cc3)c3ccc(Cl)cc3)C2)S(C)(=O)=O)c1. The van der Waals surface area contributed by atoms with Crippen molar-refractivity contribution in [3.63, 3.8) is 0 Å². The van der Waals surface area contributed by atoms with Gasteiger partial charge in [-0.1, -0.05) is 59.1 Å². The molecule has 0 aliphatic carbocycles. The average Bonchev–Trinajstić information content (AvgIpc) is 2.87. The summed E-state index contributed by atoms with van der Waals surface area (Å²) in [6.07, 6.45) is 1.12. The minimum absolute atomic E-state index is 0.142. The van der Waals surface area contributed by atoms with Crippen molar-refractivity contribution in [3.05, 3.63) is 98.5 Å². The Morgan fingerprint density at radius 3 is 1.90 bits per heavy atom. The third-order valence-corrected chi connectivity index (χ3v) is 8.65. The van der Waals surface area contributed by atoms with Crippen molar-refractivity contribution in [2.75, 3.05) is 30.7 Å². The molecule has 1 aliphatic heterocycles. The normalized spacial score (nSPS) is 14.9. The van der Waals surface area contributed by atoms with Gasteiger partial charge >= 0.3 is 0 Å². The molecule has 2 N–H and O–H groups in total. The number of likely N-dealkylation sites (tertiary alicyclic amines) is 1. The van der Waals surface area contributed by atoms with Gasteiger partial charge < -0.3 is 10.6 Å². The average molecular weight is 624 g/mol. The maximum absolute atomic E-state index is 13.0. The summed E-state index contributed by atoms with van der Waals surface area (Å²) in [7, 11) is -2.28. The van der Waals surface area contributed by atoms with Crippen LogP contribution in [0.5, 0.6) is 0 Å². The van der Waals surface area contributed by atoms with Crippen LogP contribution < -0.4 is 14.9 Å². The Hall–Kier alpha value is -2.82. The maximum Gasteiger partial charge on any atom is 0.252 e. The predicted molar refractivity (Wildman–Crippen MR) is 160 cm³/mol. The maximum atomic E-state index is 13.0. The van der Waals surface area contributed by atoms with Gasteiger partial charge in [-0.25, -0.2) is 8.42 Å². The number of sulfonamides is 1. The number of halogens is 3. The lowest BCUT2D eigenvalue weighted by atomic mass is 9.93. The van der Waals surface area contributed by atoms with Crippen molar-refractivity contribution in [1.82, 2.24) is 15.5 Å². The van der Waals surface area contributed by atoms with Crippen molar-refractivity contribution in [1.29, 1.82) is 0 Å². The smallest absolute Gasteiger partial charge is 0.252 e. The van der Waals surface area contributed by atoms with Crippen LogP contribution in [-0.4, -0.2) is 63.6 Å². The fraction of sp³-hybridized carbons (Fsp3) is 0.286. The summed E-state index contributed by atoms with van der Waals surface area (Å²) in [5.41, 5.74) is 2.42. The minimum Gasteiger partial charge on any atom is -0.357 e. The van der Waals surface area contributed by atoms with E-state index in [0.29, 0.717) is 23.1 Å². The third kappa shape index (κ3) is 6.90. The van der Waals surface area contributed by atoms with Crippen LogP contribution in [0.3, 0.4) is 0 Å². The second kappa shape index (κ2) is 12.4. The second-order valence-electron chi connectivity index (χ2n) is 9.68. The van der Waals surface area contributed by atoms with Crippen LogP contribution >= 0.6 is 34.8 Å². The molecule has 1 saturated heterocycles. The number of carbonyl (C=O) groups is 2. The molecule has 0 bridgehead atoms. The molecule has 1 fully saturated rings. The molecule has 1 unspecified atom stereocenters. The highest BCUT2D eigenvalue weighted by Crippen LogP contribution is 2.37. The van der Waals surface area contributed by atoms with Gasteiger partial charge in [0.05, 0.1) is 24.0 Å². The number of rotatable bonds is 9. The highest BCUT2D eigenvalue weighted by Gasteiger charge is 2.41. The van der Waals surface area contributed by atoms with Gasteiger partial charge in [0.25, 0.3) is 5.91 Å². The van der Waals surface area contributed by atoms with Gasteiger partial charge in [0.2, 0.25) is 15.9 Å². The van der Waals surface area contributed by atoms with E-state index in [2.05, 4.69) is 15.5 Å². The first-order valence-corrected chi connectivity index (χ1v) is 15.4. The van der Waals surface area contributed by atoms with Gasteiger partial charge in [-0.05, 0) is 60.5 Å². The molecule has 1 aliphatic rings. The summed E-state index contributed by atoms with van der Waals surface area (Å²) >= 11 is 18.6. The number of benzene rings is 3. The van der Waals surface area contributed by atoms with Crippen LogP contribution in [0.1, 0.15) is 34.5 Å². The molecule has 12 heteroatoms. The molecule has 0 spiro atoms. The molecule has 3 aromatic rings. The molecule has 0 saturated carbocycles. The summed E-state index contributed by atoms with van der Waals surface area (Å²) in [6.45, 7) is 2.39. The van der Waals surface area contributed by atoms with Crippen LogP contribution in [-0.2, 0) is 14.8 Å². The fourth-order valence-corrected chi connectivity index (χ4v) is 6.46. The molecule has 1 atom stereocenters. The number of amides is 2. The quantitative estimate of drug-likeness (QED) is 0.359. The molecule has 4 rings (SSSR count). The predicted octanol–water partition coefficient (Wildman–Crippen LogP) is 4.75. The van der Waals surface area contributed by atoms with Crippen molar-refractivity contribution in [2.45, 2.75) is 25.0 Å². The van der Waals surface area contributed by atoms with E-state index >= 15 is 0 Å². The topological polar surface area (TPSA) is 98.8 Å². The lowest BCUT2D eigenvalue weighted by Gasteiger charge is -2.48. The monoisotopic (exact) mass is 622 g/mol. The number of likely N-dealkylation sites (N-methyl/N-ethyl adjacent to an activating group) is 1. The van der Waals surface area contributed by atoms with Crippen molar-refractivity contribution >= 4 is 62.3 Å². The van der Waals surface area contributed by atoms with Gasteiger partial charge in [0.15, 0.2) is 0 Å². The van der Waals surface area contributed by atoms with E-state index in [9.17, 15) is 18.0 Å². The third-order valence-electron chi connectivity index (χ3n) is 6.70. The Bertz CT molecular complexity index is 1450. The van der Waals surface area contributed by atoms with Gasteiger partial charge in [-0.3, -0.25) is 18.8 Å². The Balaban J connectivity index is 1.62. The molecule has 40 heavy (non-hydrogen) atoms. The zero-order valence-corrected chi connectivity index (χ0v) is 25.2. The Labute approximate surface area is 249 Å². The van der Waals surface area contributed by atoms with E-state index in [-0.39, 0.29) is 28.2 Å².